The van der Waals surface area contributed by atoms with E-state index in [2.05, 4.69) is 29.0 Å². The number of piperidine rings is 1. The second-order valence-electron chi connectivity index (χ2n) is 10.3. The van der Waals surface area contributed by atoms with Crippen molar-refractivity contribution in [3.63, 3.8) is 0 Å². The van der Waals surface area contributed by atoms with Gasteiger partial charge in [-0.05, 0) is 64.3 Å². The minimum absolute atomic E-state index is 0.0493. The van der Waals surface area contributed by atoms with Gasteiger partial charge in [-0.3, -0.25) is 9.20 Å². The smallest absolute Gasteiger partial charge is 0.387 e. The number of alkyl halides is 2. The topological polar surface area (TPSA) is 77.3 Å². The number of imidazole rings is 1. The van der Waals surface area contributed by atoms with Crippen LogP contribution >= 0.6 is 0 Å². The van der Waals surface area contributed by atoms with Crippen LogP contribution in [0.15, 0.2) is 36.7 Å². The summed E-state index contributed by atoms with van der Waals surface area (Å²) in [6.07, 6.45) is 7.53. The number of pyridine rings is 1. The minimum atomic E-state index is -3.10. The maximum Gasteiger partial charge on any atom is 0.387 e. The van der Waals surface area contributed by atoms with Gasteiger partial charge in [0.25, 0.3) is 5.91 Å². The van der Waals surface area contributed by atoms with Crippen LogP contribution in [0.2, 0.25) is 0 Å². The fourth-order valence-electron chi connectivity index (χ4n) is 4.98. The van der Waals surface area contributed by atoms with Crippen molar-refractivity contribution in [2.75, 3.05) is 26.8 Å². The molecule has 5 rings (SSSR count). The number of methoxy groups -OCH3 is 1. The first kappa shape index (κ1) is 26.2. The molecule has 0 radical (unpaired) electrons. The lowest BCUT2D eigenvalue weighted by Gasteiger charge is -2.35. The van der Waals surface area contributed by atoms with E-state index in [0.29, 0.717) is 35.5 Å². The number of aromatic nitrogens is 2. The Morgan fingerprint density at radius 3 is 2.68 bits per heavy atom. The first-order chi connectivity index (χ1) is 18.3. The zero-order valence-electron chi connectivity index (χ0n) is 22.0. The van der Waals surface area contributed by atoms with Crippen molar-refractivity contribution in [2.24, 2.45) is 5.92 Å². The third kappa shape index (κ3) is 5.85. The molecule has 3 heterocycles. The van der Waals surface area contributed by atoms with Gasteiger partial charge in [-0.1, -0.05) is 0 Å². The number of carbonyl (C=O) groups is 1. The Balaban J connectivity index is 1.38. The van der Waals surface area contributed by atoms with Crippen molar-refractivity contribution in [2.45, 2.75) is 58.2 Å². The number of ether oxygens (including phenoxy) is 3. The van der Waals surface area contributed by atoms with Crippen molar-refractivity contribution in [1.29, 1.82) is 0 Å². The first-order valence-corrected chi connectivity index (χ1v) is 13.1. The lowest BCUT2D eigenvalue weighted by molar-refractivity contribution is -0.0502. The minimum Gasteiger partial charge on any atom is -0.496 e. The molecule has 1 atom stereocenters. The molecule has 38 heavy (non-hydrogen) atoms. The van der Waals surface area contributed by atoms with Gasteiger partial charge >= 0.3 is 6.61 Å². The van der Waals surface area contributed by atoms with Crippen molar-refractivity contribution in [1.82, 2.24) is 19.6 Å². The van der Waals surface area contributed by atoms with Gasteiger partial charge in [-0.2, -0.15) is 8.78 Å². The number of hydrogen-bond acceptors (Lipinski definition) is 6. The van der Waals surface area contributed by atoms with Crippen LogP contribution in [0.3, 0.4) is 0 Å². The lowest BCUT2D eigenvalue weighted by atomic mass is 9.98. The third-order valence-electron chi connectivity index (χ3n) is 7.19. The Kier molecular flexibility index (Phi) is 7.69. The second-order valence-corrected chi connectivity index (χ2v) is 10.3. The van der Waals surface area contributed by atoms with Gasteiger partial charge < -0.3 is 24.4 Å². The van der Waals surface area contributed by atoms with Gasteiger partial charge in [0.15, 0.2) is 0 Å². The predicted molar refractivity (Wildman–Crippen MR) is 139 cm³/mol. The van der Waals surface area contributed by atoms with E-state index in [1.165, 1.54) is 19.6 Å². The van der Waals surface area contributed by atoms with E-state index in [1.807, 2.05) is 22.7 Å². The summed E-state index contributed by atoms with van der Waals surface area (Å²) < 4.78 is 44.7. The molecule has 10 heteroatoms. The van der Waals surface area contributed by atoms with Gasteiger partial charge in [0, 0.05) is 42.4 Å². The molecule has 1 amide bonds. The van der Waals surface area contributed by atoms with Crippen LogP contribution in [0.1, 0.15) is 49.9 Å². The van der Waals surface area contributed by atoms with Crippen molar-refractivity contribution in [3.8, 4) is 28.5 Å². The SMILES string of the molecule is COc1cc(-c2cnc3cc(OC[C@H]4CCCN(C(C)C)C4)ccn23)cc(OC(F)F)c1C(=O)NC1CC1. The molecule has 3 aromatic rings. The van der Waals surface area contributed by atoms with Crippen molar-refractivity contribution < 1.29 is 27.8 Å². The fraction of sp³-hybridized carbons (Fsp3) is 0.500. The fourth-order valence-corrected chi connectivity index (χ4v) is 4.98. The molecule has 204 valence electrons. The molecule has 0 spiro atoms. The summed E-state index contributed by atoms with van der Waals surface area (Å²) in [6.45, 7) is 4.16. The zero-order valence-corrected chi connectivity index (χ0v) is 22.0. The normalized spacial score (nSPS) is 18.2. The summed E-state index contributed by atoms with van der Waals surface area (Å²) in [5.41, 5.74) is 1.76. The third-order valence-corrected chi connectivity index (χ3v) is 7.19. The quantitative estimate of drug-likeness (QED) is 0.399. The Morgan fingerprint density at radius 2 is 1.97 bits per heavy atom. The van der Waals surface area contributed by atoms with Gasteiger partial charge in [-0.25, -0.2) is 4.98 Å². The molecule has 0 unspecified atom stereocenters. The standard InChI is InChI=1S/C28H34F2N4O4/c1-17(2)33-9-4-5-18(15-33)16-37-21-8-10-34-22(14-31-25(34)13-21)19-11-23(36-3)26(24(12-19)38-28(29)30)27(35)32-20-6-7-20/h8,10-14,17-18,20,28H,4-7,9,15-16H2,1-3H3,(H,32,35)/t18-/m0/s1. The molecule has 1 saturated heterocycles. The monoisotopic (exact) mass is 528 g/mol. The predicted octanol–water partition coefficient (Wildman–Crippen LogP) is 5.00. The molecule has 1 saturated carbocycles. The molecule has 0 bridgehead atoms. The number of hydrogen-bond donors (Lipinski definition) is 1. The Labute approximate surface area is 220 Å². The van der Waals surface area contributed by atoms with E-state index < -0.39 is 12.5 Å². The summed E-state index contributed by atoms with van der Waals surface area (Å²) in [5, 5.41) is 2.81. The van der Waals surface area contributed by atoms with Gasteiger partial charge in [-0.15, -0.1) is 0 Å². The van der Waals surface area contributed by atoms with Crippen LogP contribution in [0.25, 0.3) is 16.9 Å². The molecule has 1 aliphatic heterocycles. The maximum atomic E-state index is 13.3. The molecular formula is C28H34F2N4O4. The molecule has 1 aliphatic carbocycles. The van der Waals surface area contributed by atoms with E-state index in [9.17, 15) is 13.6 Å². The highest BCUT2D eigenvalue weighted by atomic mass is 19.3. The van der Waals surface area contributed by atoms with Crippen LogP contribution in [-0.2, 0) is 0 Å². The van der Waals surface area contributed by atoms with Crippen molar-refractivity contribution in [3.05, 3.63) is 42.2 Å². The first-order valence-electron chi connectivity index (χ1n) is 13.1. The summed E-state index contributed by atoms with van der Waals surface area (Å²) in [7, 11) is 1.39. The number of likely N-dealkylation sites (tertiary alicyclic amines) is 1. The number of halogens is 2. The summed E-state index contributed by atoms with van der Waals surface area (Å²) in [4.78, 5) is 19.8. The lowest BCUT2D eigenvalue weighted by Crippen LogP contribution is -2.41. The van der Waals surface area contributed by atoms with Crippen LogP contribution in [0.4, 0.5) is 8.78 Å². The molecule has 1 aromatic carbocycles. The highest BCUT2D eigenvalue weighted by Gasteiger charge is 2.29. The van der Waals surface area contributed by atoms with Crippen LogP contribution in [0.5, 0.6) is 17.2 Å². The van der Waals surface area contributed by atoms with Gasteiger partial charge in [0.1, 0.15) is 28.5 Å². The number of nitrogens with one attached hydrogen (secondary N) is 1. The van der Waals surface area contributed by atoms with E-state index in [-0.39, 0.29) is 23.1 Å². The van der Waals surface area contributed by atoms with Gasteiger partial charge in [0.2, 0.25) is 0 Å². The van der Waals surface area contributed by atoms with E-state index >= 15 is 0 Å². The average Bonchev–Trinajstić information content (AvgIpc) is 3.61. The Hall–Kier alpha value is -3.40. The molecule has 2 aromatic heterocycles. The number of benzene rings is 1. The molecule has 8 nitrogen and oxygen atoms in total. The molecule has 2 fully saturated rings. The summed E-state index contributed by atoms with van der Waals surface area (Å²) in [5.74, 6) is 0.608. The number of carbonyl (C=O) groups excluding carboxylic acids is 1. The van der Waals surface area contributed by atoms with E-state index in [4.69, 9.17) is 14.2 Å². The molecule has 2 aliphatic rings. The van der Waals surface area contributed by atoms with E-state index in [0.717, 1.165) is 38.1 Å². The second kappa shape index (κ2) is 11.1. The highest BCUT2D eigenvalue weighted by Crippen LogP contribution is 2.37. The number of fused-ring (bicyclic) bond motifs is 1. The highest BCUT2D eigenvalue weighted by molar-refractivity contribution is 6.01. The number of nitrogens with zero attached hydrogens (tertiary/aromatic N) is 3. The number of amides is 1. The van der Waals surface area contributed by atoms with Crippen LogP contribution in [-0.4, -0.2) is 65.7 Å². The largest absolute Gasteiger partial charge is 0.496 e. The zero-order chi connectivity index (χ0) is 26.8. The van der Waals surface area contributed by atoms with Crippen molar-refractivity contribution >= 4 is 11.6 Å². The van der Waals surface area contributed by atoms with Gasteiger partial charge in [0.05, 0.1) is 25.6 Å². The Bertz CT molecular complexity index is 1290. The van der Waals surface area contributed by atoms with Crippen LogP contribution < -0.4 is 19.5 Å². The summed E-state index contributed by atoms with van der Waals surface area (Å²) in [6, 6.07) is 7.37. The number of rotatable bonds is 10. The molecular weight excluding hydrogens is 494 g/mol. The van der Waals surface area contributed by atoms with Crippen LogP contribution in [0, 0.1) is 5.92 Å². The molecule has 1 N–H and O–H groups in total. The summed E-state index contributed by atoms with van der Waals surface area (Å²) >= 11 is 0. The van der Waals surface area contributed by atoms with E-state index in [1.54, 1.807) is 12.3 Å². The maximum absolute atomic E-state index is 13.3. The Morgan fingerprint density at radius 1 is 1.18 bits per heavy atom. The average molecular weight is 529 g/mol.